The molecule has 0 radical (unpaired) electrons. The maximum absolute atomic E-state index is 12.8. The van der Waals surface area contributed by atoms with Crippen LogP contribution in [-0.4, -0.2) is 28.1 Å². The van der Waals surface area contributed by atoms with Crippen LogP contribution in [0.3, 0.4) is 0 Å². The molecule has 4 rings (SSSR count). The van der Waals surface area contributed by atoms with E-state index < -0.39 is 4.92 Å². The van der Waals surface area contributed by atoms with Crippen LogP contribution in [0.15, 0.2) is 75.0 Å². The maximum atomic E-state index is 12.8. The number of carbonyl (C=O) groups is 1. The van der Waals surface area contributed by atoms with Gasteiger partial charge < -0.3 is 14.2 Å². The van der Waals surface area contributed by atoms with Crippen molar-refractivity contribution in [3.05, 3.63) is 82.7 Å². The third-order valence-corrected chi connectivity index (χ3v) is 4.34. The molecule has 9 nitrogen and oxygen atoms in total. The van der Waals surface area contributed by atoms with Gasteiger partial charge in [0.05, 0.1) is 24.0 Å². The first-order valence-corrected chi connectivity index (χ1v) is 8.57. The van der Waals surface area contributed by atoms with Crippen LogP contribution >= 0.6 is 0 Å². The number of non-ortho nitro benzene ring substituents is 1. The number of hydrogen-bond acceptors (Lipinski definition) is 7. The Hall–Kier alpha value is -3.88. The number of nitro benzene ring substituents is 1. The summed E-state index contributed by atoms with van der Waals surface area (Å²) in [5.41, 5.74) is 1.08. The first-order chi connectivity index (χ1) is 13.6. The average Bonchev–Trinajstić information content (AvgIpc) is 3.46. The molecule has 3 aromatic rings. The molecule has 142 valence electrons. The Kier molecular flexibility index (Phi) is 4.63. The van der Waals surface area contributed by atoms with Crippen molar-refractivity contribution in [2.45, 2.75) is 12.5 Å². The molecule has 2 aromatic heterocycles. The van der Waals surface area contributed by atoms with Crippen LogP contribution in [0.5, 0.6) is 0 Å². The van der Waals surface area contributed by atoms with Gasteiger partial charge in [0.1, 0.15) is 23.3 Å². The van der Waals surface area contributed by atoms with Crippen molar-refractivity contribution in [3.63, 3.8) is 0 Å². The van der Waals surface area contributed by atoms with Crippen LogP contribution in [0.2, 0.25) is 0 Å². The van der Waals surface area contributed by atoms with E-state index in [9.17, 15) is 14.9 Å². The largest absolute Gasteiger partial charge is 0.467 e. The molecule has 1 unspecified atom stereocenters. The predicted octanol–water partition coefficient (Wildman–Crippen LogP) is 3.57. The second-order valence-corrected chi connectivity index (χ2v) is 6.16. The Morgan fingerprint density at radius 1 is 1.21 bits per heavy atom. The van der Waals surface area contributed by atoms with Gasteiger partial charge in [-0.1, -0.05) is 6.07 Å². The number of hydrazone groups is 1. The molecule has 1 N–H and O–H groups in total. The van der Waals surface area contributed by atoms with Gasteiger partial charge in [-0.15, -0.1) is 0 Å². The number of nitrogens with zero attached hydrogens (tertiary/aromatic N) is 3. The van der Waals surface area contributed by atoms with Gasteiger partial charge >= 0.3 is 0 Å². The summed E-state index contributed by atoms with van der Waals surface area (Å²) in [4.78, 5) is 23.2. The summed E-state index contributed by atoms with van der Waals surface area (Å²) >= 11 is 0. The monoisotopic (exact) mass is 380 g/mol. The van der Waals surface area contributed by atoms with Crippen molar-refractivity contribution in [3.8, 4) is 0 Å². The minimum absolute atomic E-state index is 0.0507. The van der Waals surface area contributed by atoms with Gasteiger partial charge in [-0.25, -0.2) is 5.01 Å². The van der Waals surface area contributed by atoms with E-state index in [1.165, 1.54) is 17.1 Å². The van der Waals surface area contributed by atoms with E-state index in [0.29, 0.717) is 29.3 Å². The van der Waals surface area contributed by atoms with Gasteiger partial charge in [0.25, 0.3) is 11.6 Å². The van der Waals surface area contributed by atoms with E-state index in [1.807, 2.05) is 0 Å². The molecule has 1 aliphatic heterocycles. The molecule has 1 aliphatic rings. The van der Waals surface area contributed by atoms with Crippen molar-refractivity contribution < 1.29 is 18.6 Å². The number of anilines is 1. The van der Waals surface area contributed by atoms with Crippen molar-refractivity contribution in [2.75, 3.05) is 11.9 Å². The summed E-state index contributed by atoms with van der Waals surface area (Å²) in [5.74, 6) is 0.918. The molecule has 28 heavy (non-hydrogen) atoms. The number of rotatable bonds is 6. The van der Waals surface area contributed by atoms with Gasteiger partial charge in [0, 0.05) is 24.2 Å². The van der Waals surface area contributed by atoms with Crippen molar-refractivity contribution in [2.24, 2.45) is 5.10 Å². The van der Waals surface area contributed by atoms with Crippen LogP contribution in [-0.2, 0) is 4.79 Å². The lowest BCUT2D eigenvalue weighted by Gasteiger charge is -2.20. The van der Waals surface area contributed by atoms with Crippen molar-refractivity contribution >= 4 is 23.0 Å². The first-order valence-electron chi connectivity index (χ1n) is 8.57. The number of amides is 1. The highest BCUT2D eigenvalue weighted by molar-refractivity contribution is 6.01. The standard InChI is InChI=1S/C19H16N4O5/c24-19(12-20-13-4-1-5-14(10-13)23(25)26)22-16(18-7-3-9-28-18)11-15(21-22)17-6-2-8-27-17/h1-10,16,20H,11-12H2. The Balaban J connectivity index is 1.52. The molecule has 0 spiro atoms. The van der Waals surface area contributed by atoms with Crippen LogP contribution < -0.4 is 5.32 Å². The van der Waals surface area contributed by atoms with E-state index in [1.54, 1.807) is 48.9 Å². The zero-order valence-corrected chi connectivity index (χ0v) is 14.6. The zero-order valence-electron chi connectivity index (χ0n) is 14.6. The highest BCUT2D eigenvalue weighted by atomic mass is 16.6. The summed E-state index contributed by atoms with van der Waals surface area (Å²) in [6.45, 7) is -0.0761. The summed E-state index contributed by atoms with van der Waals surface area (Å²) in [7, 11) is 0. The number of nitro groups is 1. The Morgan fingerprint density at radius 3 is 2.75 bits per heavy atom. The third kappa shape index (κ3) is 3.50. The minimum atomic E-state index is -0.486. The summed E-state index contributed by atoms with van der Waals surface area (Å²) in [6, 6.07) is 12.7. The molecular formula is C19H16N4O5. The van der Waals surface area contributed by atoms with Gasteiger partial charge in [0.15, 0.2) is 0 Å². The lowest BCUT2D eigenvalue weighted by molar-refractivity contribution is -0.384. The molecule has 0 saturated heterocycles. The van der Waals surface area contributed by atoms with Crippen LogP contribution in [0, 0.1) is 10.1 Å². The fourth-order valence-electron chi connectivity index (χ4n) is 3.02. The highest BCUT2D eigenvalue weighted by Crippen LogP contribution is 2.33. The smallest absolute Gasteiger partial charge is 0.271 e. The number of nitrogens with one attached hydrogen (secondary N) is 1. The third-order valence-electron chi connectivity index (χ3n) is 4.34. The van der Waals surface area contributed by atoms with Gasteiger partial charge in [-0.05, 0) is 30.3 Å². The molecule has 1 aromatic carbocycles. The van der Waals surface area contributed by atoms with Crippen molar-refractivity contribution in [1.82, 2.24) is 5.01 Å². The Morgan fingerprint density at radius 2 is 2.04 bits per heavy atom. The predicted molar refractivity (Wildman–Crippen MR) is 99.7 cm³/mol. The fraction of sp³-hybridized carbons (Fsp3) is 0.158. The van der Waals surface area contributed by atoms with Crippen LogP contribution in [0.4, 0.5) is 11.4 Å². The normalized spacial score (nSPS) is 16.1. The van der Waals surface area contributed by atoms with E-state index in [2.05, 4.69) is 10.4 Å². The minimum Gasteiger partial charge on any atom is -0.467 e. The molecule has 0 bridgehead atoms. The molecule has 3 heterocycles. The Labute approximate surface area is 159 Å². The number of furan rings is 2. The molecule has 0 saturated carbocycles. The molecule has 0 aliphatic carbocycles. The lowest BCUT2D eigenvalue weighted by atomic mass is 10.1. The zero-order chi connectivity index (χ0) is 19.5. The summed E-state index contributed by atoms with van der Waals surface area (Å²) in [5, 5.41) is 19.6. The van der Waals surface area contributed by atoms with Gasteiger partial charge in [-0.3, -0.25) is 14.9 Å². The van der Waals surface area contributed by atoms with Crippen molar-refractivity contribution in [1.29, 1.82) is 0 Å². The first kappa shape index (κ1) is 17.5. The van der Waals surface area contributed by atoms with E-state index in [4.69, 9.17) is 8.83 Å². The summed E-state index contributed by atoms with van der Waals surface area (Å²) < 4.78 is 10.9. The molecule has 9 heteroatoms. The van der Waals surface area contributed by atoms with E-state index in [0.717, 1.165) is 0 Å². The molecule has 1 amide bonds. The Bertz CT molecular complexity index is 1010. The van der Waals surface area contributed by atoms with Gasteiger partial charge in [0.2, 0.25) is 0 Å². The molecular weight excluding hydrogens is 364 g/mol. The second kappa shape index (κ2) is 7.39. The molecule has 0 fully saturated rings. The quantitative estimate of drug-likeness (QED) is 0.516. The molecule has 1 atom stereocenters. The fourth-order valence-corrected chi connectivity index (χ4v) is 3.02. The van der Waals surface area contributed by atoms with Gasteiger partial charge in [-0.2, -0.15) is 5.10 Å². The van der Waals surface area contributed by atoms with Crippen LogP contribution in [0.1, 0.15) is 24.0 Å². The second-order valence-electron chi connectivity index (χ2n) is 6.16. The van der Waals surface area contributed by atoms with E-state index >= 15 is 0 Å². The SMILES string of the molecule is O=C(CNc1cccc([N+](=O)[O-])c1)N1N=C(c2ccco2)CC1c1ccco1. The average molecular weight is 380 g/mol. The lowest BCUT2D eigenvalue weighted by Crippen LogP contribution is -2.32. The number of benzene rings is 1. The highest BCUT2D eigenvalue weighted by Gasteiger charge is 2.35. The number of hydrogen-bond donors (Lipinski definition) is 1. The maximum Gasteiger partial charge on any atom is 0.271 e. The van der Waals surface area contributed by atoms with E-state index in [-0.39, 0.29) is 24.2 Å². The van der Waals surface area contributed by atoms with Crippen LogP contribution in [0.25, 0.3) is 0 Å². The number of carbonyl (C=O) groups excluding carboxylic acids is 1. The summed E-state index contributed by atoms with van der Waals surface area (Å²) in [6.07, 6.45) is 3.56. The topological polar surface area (TPSA) is 114 Å².